The summed E-state index contributed by atoms with van der Waals surface area (Å²) in [5.74, 6) is 0.974. The monoisotopic (exact) mass is 432 g/mol. The van der Waals surface area contributed by atoms with Crippen LogP contribution in [-0.4, -0.2) is 31.1 Å². The molecule has 4 rings (SSSR count). The predicted octanol–water partition coefficient (Wildman–Crippen LogP) is 4.02. The summed E-state index contributed by atoms with van der Waals surface area (Å²) < 4.78 is 13.3. The van der Waals surface area contributed by atoms with E-state index in [-0.39, 0.29) is 12.3 Å². The first-order chi connectivity index (χ1) is 15.4. The van der Waals surface area contributed by atoms with Gasteiger partial charge in [0.1, 0.15) is 11.6 Å². The Hall–Kier alpha value is -4.34. The first kappa shape index (κ1) is 20.9. The quantitative estimate of drug-likeness (QED) is 0.348. The number of benzene rings is 2. The zero-order chi connectivity index (χ0) is 22.5. The van der Waals surface area contributed by atoms with Crippen molar-refractivity contribution in [1.29, 1.82) is 0 Å². The molecule has 0 aliphatic carbocycles. The van der Waals surface area contributed by atoms with Gasteiger partial charge in [-0.25, -0.2) is 4.39 Å². The Kier molecular flexibility index (Phi) is 6.02. The van der Waals surface area contributed by atoms with E-state index in [0.29, 0.717) is 34.9 Å². The fourth-order valence-corrected chi connectivity index (χ4v) is 2.93. The molecule has 4 N–H and O–H groups in total. The average molecular weight is 432 g/mol. The van der Waals surface area contributed by atoms with Crippen molar-refractivity contribution >= 4 is 35.0 Å². The number of aromatic nitrogens is 5. The zero-order valence-electron chi connectivity index (χ0n) is 17.5. The molecule has 0 aliphatic rings. The molecular formula is C22H21FN8O. The van der Waals surface area contributed by atoms with Crippen LogP contribution in [0.2, 0.25) is 0 Å². The van der Waals surface area contributed by atoms with Gasteiger partial charge in [-0.15, -0.1) is 0 Å². The normalized spacial score (nSPS) is 10.6. The summed E-state index contributed by atoms with van der Waals surface area (Å²) in [7, 11) is 0. The van der Waals surface area contributed by atoms with E-state index in [4.69, 9.17) is 0 Å². The van der Waals surface area contributed by atoms with Gasteiger partial charge in [-0.1, -0.05) is 23.8 Å². The first-order valence-electron chi connectivity index (χ1n) is 9.86. The number of halogens is 1. The Morgan fingerprint density at radius 1 is 0.938 bits per heavy atom. The summed E-state index contributed by atoms with van der Waals surface area (Å²) >= 11 is 0. The molecule has 0 spiro atoms. The maximum absolute atomic E-state index is 13.3. The van der Waals surface area contributed by atoms with E-state index in [1.54, 1.807) is 19.1 Å². The Balaban J connectivity index is 1.40. The van der Waals surface area contributed by atoms with Crippen molar-refractivity contribution in [1.82, 2.24) is 25.1 Å². The van der Waals surface area contributed by atoms with E-state index < -0.39 is 5.82 Å². The fraction of sp³-hybridized carbons (Fsp3) is 0.136. The Bertz CT molecular complexity index is 1240. The lowest BCUT2D eigenvalue weighted by Gasteiger charge is -2.08. The fourth-order valence-electron chi connectivity index (χ4n) is 2.93. The predicted molar refractivity (Wildman–Crippen MR) is 120 cm³/mol. The van der Waals surface area contributed by atoms with Gasteiger partial charge in [0.05, 0.1) is 6.42 Å². The van der Waals surface area contributed by atoms with Crippen LogP contribution in [0.15, 0.2) is 54.6 Å². The molecule has 9 nitrogen and oxygen atoms in total. The third kappa shape index (κ3) is 5.63. The van der Waals surface area contributed by atoms with Crippen molar-refractivity contribution in [3.05, 3.63) is 77.5 Å². The molecular weight excluding hydrogens is 411 g/mol. The Morgan fingerprint density at radius 3 is 2.44 bits per heavy atom. The molecule has 4 aromatic rings. The molecule has 2 heterocycles. The van der Waals surface area contributed by atoms with Crippen molar-refractivity contribution < 1.29 is 9.18 Å². The minimum Gasteiger partial charge on any atom is -0.326 e. The van der Waals surface area contributed by atoms with Crippen molar-refractivity contribution in [3.63, 3.8) is 0 Å². The molecule has 0 unspecified atom stereocenters. The highest BCUT2D eigenvalue weighted by molar-refractivity contribution is 5.92. The Morgan fingerprint density at radius 2 is 1.69 bits per heavy atom. The van der Waals surface area contributed by atoms with Crippen LogP contribution in [0.1, 0.15) is 17.1 Å². The highest BCUT2D eigenvalue weighted by Gasteiger charge is 2.10. The molecule has 2 aromatic carbocycles. The molecule has 0 atom stereocenters. The SMILES string of the molecule is Cc1ccc(Nc2nc(C)nc(Nc3cc(CC(=O)Nc4cccc(F)c4)[nH]n3)n2)cc1. The minimum atomic E-state index is -0.417. The summed E-state index contributed by atoms with van der Waals surface area (Å²) in [4.78, 5) is 25.1. The number of nitrogens with one attached hydrogen (secondary N) is 4. The molecule has 0 saturated heterocycles. The van der Waals surface area contributed by atoms with Gasteiger partial charge in [0.15, 0.2) is 5.82 Å². The summed E-state index contributed by atoms with van der Waals surface area (Å²) in [5, 5.41) is 15.7. The number of anilines is 5. The molecule has 0 fully saturated rings. The second-order valence-corrected chi connectivity index (χ2v) is 7.16. The smallest absolute Gasteiger partial charge is 0.233 e. The molecule has 0 bridgehead atoms. The molecule has 32 heavy (non-hydrogen) atoms. The number of rotatable bonds is 7. The number of carbonyl (C=O) groups is 1. The number of H-pyrrole nitrogens is 1. The maximum atomic E-state index is 13.3. The average Bonchev–Trinajstić information content (AvgIpc) is 3.15. The number of nitrogens with zero attached hydrogens (tertiary/aromatic N) is 4. The van der Waals surface area contributed by atoms with Crippen LogP contribution < -0.4 is 16.0 Å². The van der Waals surface area contributed by atoms with E-state index in [9.17, 15) is 9.18 Å². The summed E-state index contributed by atoms with van der Waals surface area (Å²) in [6.45, 7) is 3.78. The van der Waals surface area contributed by atoms with Crippen LogP contribution in [0, 0.1) is 19.7 Å². The first-order valence-corrected chi connectivity index (χ1v) is 9.86. The van der Waals surface area contributed by atoms with Crippen LogP contribution in [0.4, 0.5) is 33.5 Å². The van der Waals surface area contributed by atoms with Crippen LogP contribution >= 0.6 is 0 Å². The second kappa shape index (κ2) is 9.21. The van der Waals surface area contributed by atoms with Gasteiger partial charge >= 0.3 is 0 Å². The van der Waals surface area contributed by atoms with Gasteiger partial charge in [0.25, 0.3) is 0 Å². The van der Waals surface area contributed by atoms with Crippen LogP contribution in [0.25, 0.3) is 0 Å². The van der Waals surface area contributed by atoms with Gasteiger partial charge in [0, 0.05) is 23.1 Å². The van der Waals surface area contributed by atoms with Crippen molar-refractivity contribution in [3.8, 4) is 0 Å². The van der Waals surface area contributed by atoms with Crippen molar-refractivity contribution in [2.45, 2.75) is 20.3 Å². The van der Waals surface area contributed by atoms with Crippen molar-refractivity contribution in [2.24, 2.45) is 0 Å². The van der Waals surface area contributed by atoms with Crippen LogP contribution in [-0.2, 0) is 11.2 Å². The highest BCUT2D eigenvalue weighted by Crippen LogP contribution is 2.17. The standard InChI is InChI=1S/C22H21FN8O/c1-13-6-8-16(9-7-13)27-21-24-14(2)25-22(29-21)28-19-11-18(30-31-19)12-20(32)26-17-5-3-4-15(23)10-17/h3-11H,12H2,1-2H3,(H,26,32)(H3,24,25,27,28,29,30,31). The minimum absolute atomic E-state index is 0.0433. The number of aryl methyl sites for hydroxylation is 2. The van der Waals surface area contributed by atoms with Crippen molar-refractivity contribution in [2.75, 3.05) is 16.0 Å². The lowest BCUT2D eigenvalue weighted by Crippen LogP contribution is -2.14. The van der Waals surface area contributed by atoms with E-state index in [0.717, 1.165) is 11.3 Å². The molecule has 10 heteroatoms. The van der Waals surface area contributed by atoms with E-state index in [1.807, 2.05) is 31.2 Å². The number of carbonyl (C=O) groups excluding carboxylic acids is 1. The van der Waals surface area contributed by atoms with Gasteiger partial charge in [-0.05, 0) is 44.2 Å². The Labute approximate surface area is 183 Å². The molecule has 0 radical (unpaired) electrons. The molecule has 162 valence electrons. The summed E-state index contributed by atoms with van der Waals surface area (Å²) in [6.07, 6.45) is 0.0433. The third-order valence-electron chi connectivity index (χ3n) is 4.39. The van der Waals surface area contributed by atoms with Crippen LogP contribution in [0.3, 0.4) is 0 Å². The molecule has 0 aliphatic heterocycles. The lowest BCUT2D eigenvalue weighted by atomic mass is 10.2. The number of hydrogen-bond acceptors (Lipinski definition) is 7. The van der Waals surface area contributed by atoms with Gasteiger partial charge in [0.2, 0.25) is 17.8 Å². The topological polar surface area (TPSA) is 121 Å². The number of amides is 1. The highest BCUT2D eigenvalue weighted by atomic mass is 19.1. The zero-order valence-corrected chi connectivity index (χ0v) is 17.5. The summed E-state index contributed by atoms with van der Waals surface area (Å²) in [6, 6.07) is 15.3. The largest absolute Gasteiger partial charge is 0.326 e. The lowest BCUT2D eigenvalue weighted by molar-refractivity contribution is -0.115. The number of hydrogen-bond donors (Lipinski definition) is 4. The molecule has 1 amide bonds. The maximum Gasteiger partial charge on any atom is 0.233 e. The number of aromatic amines is 1. The van der Waals surface area contributed by atoms with Gasteiger partial charge < -0.3 is 16.0 Å². The van der Waals surface area contributed by atoms with Gasteiger partial charge in [-0.3, -0.25) is 9.89 Å². The van der Waals surface area contributed by atoms with Gasteiger partial charge in [-0.2, -0.15) is 20.1 Å². The van der Waals surface area contributed by atoms with E-state index >= 15 is 0 Å². The molecule has 0 saturated carbocycles. The molecule has 2 aromatic heterocycles. The second-order valence-electron chi connectivity index (χ2n) is 7.16. The van der Waals surface area contributed by atoms with E-state index in [1.165, 1.54) is 18.2 Å². The van der Waals surface area contributed by atoms with E-state index in [2.05, 4.69) is 41.1 Å². The van der Waals surface area contributed by atoms with Crippen LogP contribution in [0.5, 0.6) is 0 Å². The summed E-state index contributed by atoms with van der Waals surface area (Å²) in [5.41, 5.74) is 2.98. The third-order valence-corrected chi connectivity index (χ3v) is 4.39.